The van der Waals surface area contributed by atoms with E-state index in [1.54, 1.807) is 6.92 Å². The Bertz CT molecular complexity index is 384. The smallest absolute Gasteiger partial charge is 0.165 e. The quantitative estimate of drug-likeness (QED) is 0.734. The van der Waals surface area contributed by atoms with Gasteiger partial charge in [-0.3, -0.25) is 4.79 Å². The lowest BCUT2D eigenvalue weighted by molar-refractivity contribution is 0.101. The highest BCUT2D eigenvalue weighted by molar-refractivity contribution is 5.94. The largest absolute Gasteiger partial charge is 0.360 e. The molecule has 2 heterocycles. The number of nitrogens with zero attached hydrogens (tertiary/aromatic N) is 2. The van der Waals surface area contributed by atoms with Crippen molar-refractivity contribution < 1.29 is 9.32 Å². The highest BCUT2D eigenvalue weighted by Gasteiger charge is 2.30. The van der Waals surface area contributed by atoms with Crippen LogP contribution in [-0.2, 0) is 0 Å². The van der Waals surface area contributed by atoms with Crippen molar-refractivity contribution in [1.29, 1.82) is 0 Å². The predicted octanol–water partition coefficient (Wildman–Crippen LogP) is 2.07. The summed E-state index contributed by atoms with van der Waals surface area (Å²) in [5.41, 5.74) is 0.649. The van der Waals surface area contributed by atoms with Gasteiger partial charge in [-0.2, -0.15) is 0 Å². The Kier molecular flexibility index (Phi) is 3.10. The van der Waals surface area contributed by atoms with Crippen molar-refractivity contribution >= 4 is 5.78 Å². The Morgan fingerprint density at radius 2 is 2.38 bits per heavy atom. The van der Waals surface area contributed by atoms with Crippen molar-refractivity contribution in [3.05, 3.63) is 17.5 Å². The number of carbonyl (C=O) groups excluding carboxylic acids is 1. The molecule has 0 radical (unpaired) electrons. The molecule has 1 aliphatic rings. The van der Waals surface area contributed by atoms with E-state index in [-0.39, 0.29) is 5.78 Å². The summed E-state index contributed by atoms with van der Waals surface area (Å²) in [4.78, 5) is 13.8. The molecule has 0 amide bonds. The van der Waals surface area contributed by atoms with Crippen molar-refractivity contribution in [3.63, 3.8) is 0 Å². The molecule has 2 rings (SSSR count). The number of hydrogen-bond donors (Lipinski definition) is 0. The minimum Gasteiger partial charge on any atom is -0.360 e. The molecule has 0 saturated carbocycles. The fraction of sp³-hybridized carbons (Fsp3) is 0.667. The van der Waals surface area contributed by atoms with E-state index in [1.165, 1.54) is 6.20 Å². The zero-order chi connectivity index (χ0) is 11.7. The lowest BCUT2D eigenvalue weighted by atomic mass is 10.0. The van der Waals surface area contributed by atoms with Gasteiger partial charge in [0.05, 0.1) is 11.8 Å². The molecule has 4 heteroatoms. The Morgan fingerprint density at radius 3 is 2.94 bits per heavy atom. The van der Waals surface area contributed by atoms with E-state index in [1.807, 2.05) is 0 Å². The van der Waals surface area contributed by atoms with E-state index in [0.29, 0.717) is 17.5 Å². The lowest BCUT2D eigenvalue weighted by Crippen LogP contribution is -2.27. The van der Waals surface area contributed by atoms with E-state index >= 15 is 0 Å². The van der Waals surface area contributed by atoms with Crippen LogP contribution in [0.15, 0.2) is 10.7 Å². The van der Waals surface area contributed by atoms with Crippen molar-refractivity contribution in [1.82, 2.24) is 10.1 Å². The first kappa shape index (κ1) is 11.3. The molecule has 0 spiro atoms. The van der Waals surface area contributed by atoms with Crippen molar-refractivity contribution in [2.24, 2.45) is 0 Å². The Labute approximate surface area is 95.6 Å². The first-order valence-corrected chi connectivity index (χ1v) is 5.79. The van der Waals surface area contributed by atoms with E-state index in [0.717, 1.165) is 25.3 Å². The van der Waals surface area contributed by atoms with Crippen LogP contribution in [0.1, 0.15) is 49.2 Å². The molecule has 1 fully saturated rings. The van der Waals surface area contributed by atoms with Crippen molar-refractivity contribution in [2.75, 3.05) is 13.1 Å². The van der Waals surface area contributed by atoms with Gasteiger partial charge in [-0.05, 0) is 33.7 Å². The third kappa shape index (κ3) is 2.02. The molecule has 0 N–H and O–H groups in total. The third-order valence-corrected chi connectivity index (χ3v) is 3.30. The molecule has 1 atom stereocenters. The van der Waals surface area contributed by atoms with Gasteiger partial charge in [0.15, 0.2) is 11.5 Å². The number of likely N-dealkylation sites (tertiary alicyclic amines) is 1. The van der Waals surface area contributed by atoms with Crippen LogP contribution in [0.2, 0.25) is 0 Å². The van der Waals surface area contributed by atoms with Crippen LogP contribution in [-0.4, -0.2) is 35.0 Å². The Hall–Kier alpha value is -1.16. The minimum atomic E-state index is 0.0410. The number of carbonyl (C=O) groups is 1. The van der Waals surface area contributed by atoms with Gasteiger partial charge in [0, 0.05) is 18.5 Å². The Morgan fingerprint density at radius 1 is 1.62 bits per heavy atom. The summed E-state index contributed by atoms with van der Waals surface area (Å²) in [7, 11) is 0. The summed E-state index contributed by atoms with van der Waals surface area (Å²) in [6.07, 6.45) is 2.59. The zero-order valence-corrected chi connectivity index (χ0v) is 10.1. The van der Waals surface area contributed by atoms with Gasteiger partial charge in [-0.25, -0.2) is 0 Å². The molecule has 4 nitrogen and oxygen atoms in total. The lowest BCUT2D eigenvalue weighted by Gasteiger charge is -2.19. The maximum absolute atomic E-state index is 11.4. The fourth-order valence-electron chi connectivity index (χ4n) is 2.28. The minimum absolute atomic E-state index is 0.0410. The molecule has 1 saturated heterocycles. The molecule has 0 aliphatic carbocycles. The number of aromatic nitrogens is 1. The second kappa shape index (κ2) is 4.37. The monoisotopic (exact) mass is 222 g/mol. The molecule has 0 aromatic carbocycles. The summed E-state index contributed by atoms with van der Waals surface area (Å²) in [5.74, 6) is 1.14. The van der Waals surface area contributed by atoms with Gasteiger partial charge >= 0.3 is 0 Å². The van der Waals surface area contributed by atoms with Crippen LogP contribution in [0.4, 0.5) is 0 Å². The van der Waals surface area contributed by atoms with Gasteiger partial charge in [0.25, 0.3) is 0 Å². The molecule has 16 heavy (non-hydrogen) atoms. The second-order valence-corrected chi connectivity index (χ2v) is 4.73. The average molecular weight is 222 g/mol. The Balaban J connectivity index is 2.14. The first-order chi connectivity index (χ1) is 7.59. The highest BCUT2D eigenvalue weighted by Crippen LogP contribution is 2.30. The van der Waals surface area contributed by atoms with Crippen LogP contribution in [0, 0.1) is 0 Å². The molecular weight excluding hydrogens is 204 g/mol. The topological polar surface area (TPSA) is 46.3 Å². The summed E-state index contributed by atoms with van der Waals surface area (Å²) >= 11 is 0. The highest BCUT2D eigenvalue weighted by atomic mass is 16.5. The summed E-state index contributed by atoms with van der Waals surface area (Å²) < 4.78 is 5.24. The summed E-state index contributed by atoms with van der Waals surface area (Å²) in [6.45, 7) is 7.97. The van der Waals surface area contributed by atoms with E-state index in [9.17, 15) is 4.79 Å². The first-order valence-electron chi connectivity index (χ1n) is 5.79. The standard InChI is InChI=1S/C12H18N2O2/c1-8(2)14-5-4-10(7-14)12-11(9(3)15)6-13-16-12/h6,8,10H,4-5,7H2,1-3H3. The maximum atomic E-state index is 11.4. The van der Waals surface area contributed by atoms with Gasteiger partial charge in [-0.15, -0.1) is 0 Å². The second-order valence-electron chi connectivity index (χ2n) is 4.73. The van der Waals surface area contributed by atoms with Gasteiger partial charge in [0.2, 0.25) is 0 Å². The average Bonchev–Trinajstić information content (AvgIpc) is 2.86. The van der Waals surface area contributed by atoms with E-state index < -0.39 is 0 Å². The molecule has 1 aliphatic heterocycles. The normalized spacial score (nSPS) is 21.9. The molecule has 0 bridgehead atoms. The molecule has 88 valence electrons. The predicted molar refractivity (Wildman–Crippen MR) is 60.6 cm³/mol. The maximum Gasteiger partial charge on any atom is 0.165 e. The van der Waals surface area contributed by atoms with Crippen LogP contribution >= 0.6 is 0 Å². The van der Waals surface area contributed by atoms with Crippen LogP contribution in [0.5, 0.6) is 0 Å². The number of hydrogen-bond acceptors (Lipinski definition) is 4. The van der Waals surface area contributed by atoms with Gasteiger partial charge in [0.1, 0.15) is 0 Å². The fourth-order valence-corrected chi connectivity index (χ4v) is 2.28. The zero-order valence-electron chi connectivity index (χ0n) is 10.1. The van der Waals surface area contributed by atoms with Gasteiger partial charge < -0.3 is 9.42 Å². The van der Waals surface area contributed by atoms with Crippen LogP contribution in [0.25, 0.3) is 0 Å². The van der Waals surface area contributed by atoms with E-state index in [2.05, 4.69) is 23.9 Å². The number of rotatable bonds is 3. The van der Waals surface area contributed by atoms with Crippen molar-refractivity contribution in [2.45, 2.75) is 39.2 Å². The van der Waals surface area contributed by atoms with Crippen LogP contribution < -0.4 is 0 Å². The SMILES string of the molecule is CC(=O)c1cnoc1C1CCN(C(C)C)C1. The molecule has 1 aromatic rings. The molecule has 1 unspecified atom stereocenters. The third-order valence-electron chi connectivity index (χ3n) is 3.30. The van der Waals surface area contributed by atoms with Crippen LogP contribution in [0.3, 0.4) is 0 Å². The summed E-state index contributed by atoms with van der Waals surface area (Å²) in [5, 5.41) is 3.74. The molecular formula is C12H18N2O2. The number of Topliss-reactive ketones (excluding diaryl/α,β-unsaturated/α-hetero) is 1. The number of ketones is 1. The van der Waals surface area contributed by atoms with E-state index in [4.69, 9.17) is 4.52 Å². The molecule has 1 aromatic heterocycles. The summed E-state index contributed by atoms with van der Waals surface area (Å²) in [6, 6.07) is 0.550. The van der Waals surface area contributed by atoms with Gasteiger partial charge in [-0.1, -0.05) is 5.16 Å². The van der Waals surface area contributed by atoms with Crippen molar-refractivity contribution in [3.8, 4) is 0 Å².